The standard InChI is InChI=1S/C18H32N4S/c1-5-20-18(21-11-6-7-12-23-4)22-14-17(15(2)3)16-9-8-10-19-13-16/h8-10,13,15,17H,5-7,11-12,14H2,1-4H3,(H2,20,21,22). The van der Waals surface area contributed by atoms with Crippen molar-refractivity contribution in [3.63, 3.8) is 0 Å². The molecule has 130 valence electrons. The minimum atomic E-state index is 0.399. The van der Waals surface area contributed by atoms with E-state index >= 15 is 0 Å². The molecule has 0 spiro atoms. The van der Waals surface area contributed by atoms with Crippen molar-refractivity contribution in [2.75, 3.05) is 31.6 Å². The van der Waals surface area contributed by atoms with Gasteiger partial charge in [0.05, 0.1) is 0 Å². The number of unbranched alkanes of at least 4 members (excludes halogenated alkanes) is 1. The van der Waals surface area contributed by atoms with Gasteiger partial charge < -0.3 is 10.6 Å². The summed E-state index contributed by atoms with van der Waals surface area (Å²) in [6, 6.07) is 4.15. The number of guanidine groups is 1. The number of aliphatic imine (C=N–C) groups is 1. The Bertz CT molecular complexity index is 434. The second-order valence-corrected chi connectivity index (χ2v) is 6.97. The van der Waals surface area contributed by atoms with E-state index in [4.69, 9.17) is 4.99 Å². The van der Waals surface area contributed by atoms with E-state index in [-0.39, 0.29) is 0 Å². The van der Waals surface area contributed by atoms with Crippen LogP contribution in [-0.2, 0) is 0 Å². The van der Waals surface area contributed by atoms with Crippen LogP contribution in [0.3, 0.4) is 0 Å². The van der Waals surface area contributed by atoms with Gasteiger partial charge >= 0.3 is 0 Å². The molecule has 1 aromatic rings. The van der Waals surface area contributed by atoms with Gasteiger partial charge in [-0.05, 0) is 49.3 Å². The zero-order chi connectivity index (χ0) is 16.9. The van der Waals surface area contributed by atoms with Gasteiger partial charge in [0.25, 0.3) is 0 Å². The molecule has 5 heteroatoms. The van der Waals surface area contributed by atoms with Gasteiger partial charge in [-0.3, -0.25) is 9.98 Å². The Kier molecular flexibility index (Phi) is 10.5. The van der Waals surface area contributed by atoms with Crippen LogP contribution < -0.4 is 10.6 Å². The third-order valence-electron chi connectivity index (χ3n) is 3.78. The number of hydrogen-bond acceptors (Lipinski definition) is 3. The largest absolute Gasteiger partial charge is 0.357 e. The molecule has 0 bridgehead atoms. The fourth-order valence-electron chi connectivity index (χ4n) is 2.41. The molecular weight excluding hydrogens is 304 g/mol. The minimum Gasteiger partial charge on any atom is -0.357 e. The van der Waals surface area contributed by atoms with Crippen molar-refractivity contribution in [2.24, 2.45) is 10.9 Å². The number of nitrogens with one attached hydrogen (secondary N) is 2. The van der Waals surface area contributed by atoms with E-state index in [1.165, 1.54) is 24.2 Å². The highest BCUT2D eigenvalue weighted by molar-refractivity contribution is 7.98. The van der Waals surface area contributed by atoms with Gasteiger partial charge in [0.2, 0.25) is 0 Å². The van der Waals surface area contributed by atoms with Crippen LogP contribution in [0.1, 0.15) is 45.1 Å². The molecule has 0 aliphatic rings. The average molecular weight is 337 g/mol. The van der Waals surface area contributed by atoms with E-state index < -0.39 is 0 Å². The monoisotopic (exact) mass is 336 g/mol. The molecule has 0 aliphatic heterocycles. The maximum atomic E-state index is 4.79. The van der Waals surface area contributed by atoms with E-state index in [0.717, 1.165) is 25.6 Å². The molecule has 0 aromatic carbocycles. The lowest BCUT2D eigenvalue weighted by atomic mass is 9.89. The third kappa shape index (κ3) is 8.26. The summed E-state index contributed by atoms with van der Waals surface area (Å²) in [5.41, 5.74) is 1.27. The molecule has 1 unspecified atom stereocenters. The second kappa shape index (κ2) is 12.2. The lowest BCUT2D eigenvalue weighted by Gasteiger charge is -2.20. The summed E-state index contributed by atoms with van der Waals surface area (Å²) >= 11 is 1.91. The highest BCUT2D eigenvalue weighted by Crippen LogP contribution is 2.23. The molecule has 1 rings (SSSR count). The van der Waals surface area contributed by atoms with E-state index in [2.05, 4.69) is 48.7 Å². The Morgan fingerprint density at radius 1 is 1.30 bits per heavy atom. The first-order valence-corrected chi connectivity index (χ1v) is 9.99. The minimum absolute atomic E-state index is 0.399. The molecule has 1 atom stereocenters. The zero-order valence-electron chi connectivity index (χ0n) is 15.0. The molecule has 0 saturated heterocycles. The molecule has 23 heavy (non-hydrogen) atoms. The second-order valence-electron chi connectivity index (χ2n) is 5.98. The first-order valence-electron chi connectivity index (χ1n) is 8.60. The lowest BCUT2D eigenvalue weighted by Crippen LogP contribution is -2.38. The van der Waals surface area contributed by atoms with E-state index in [1.807, 2.05) is 30.2 Å². The number of hydrogen-bond donors (Lipinski definition) is 2. The van der Waals surface area contributed by atoms with Crippen LogP contribution in [0.15, 0.2) is 29.5 Å². The van der Waals surface area contributed by atoms with Crippen molar-refractivity contribution >= 4 is 17.7 Å². The number of pyridine rings is 1. The molecule has 2 N–H and O–H groups in total. The Morgan fingerprint density at radius 2 is 2.13 bits per heavy atom. The van der Waals surface area contributed by atoms with Gasteiger partial charge in [-0.1, -0.05) is 19.9 Å². The molecular formula is C18H32N4S. The number of aromatic nitrogens is 1. The maximum absolute atomic E-state index is 4.79. The van der Waals surface area contributed by atoms with Crippen molar-refractivity contribution in [3.8, 4) is 0 Å². The topological polar surface area (TPSA) is 49.3 Å². The van der Waals surface area contributed by atoms with Crippen LogP contribution >= 0.6 is 11.8 Å². The van der Waals surface area contributed by atoms with Crippen LogP contribution in [0.5, 0.6) is 0 Å². The van der Waals surface area contributed by atoms with E-state index in [9.17, 15) is 0 Å². The fraction of sp³-hybridized carbons (Fsp3) is 0.667. The zero-order valence-corrected chi connectivity index (χ0v) is 15.8. The van der Waals surface area contributed by atoms with Gasteiger partial charge in [-0.2, -0.15) is 11.8 Å². The molecule has 4 nitrogen and oxygen atoms in total. The fourth-order valence-corrected chi connectivity index (χ4v) is 2.90. The predicted octanol–water partition coefficient (Wildman–Crippen LogP) is 3.52. The normalized spacial score (nSPS) is 13.2. The summed E-state index contributed by atoms with van der Waals surface area (Å²) in [5.74, 6) is 3.08. The van der Waals surface area contributed by atoms with Gasteiger partial charge in [0.1, 0.15) is 0 Å². The highest BCUT2D eigenvalue weighted by atomic mass is 32.2. The van der Waals surface area contributed by atoms with Crippen molar-refractivity contribution in [1.82, 2.24) is 15.6 Å². The Labute approximate surface area is 146 Å². The predicted molar refractivity (Wildman–Crippen MR) is 103 cm³/mol. The van der Waals surface area contributed by atoms with Crippen molar-refractivity contribution in [1.29, 1.82) is 0 Å². The smallest absolute Gasteiger partial charge is 0.191 e. The lowest BCUT2D eigenvalue weighted by molar-refractivity contribution is 0.504. The van der Waals surface area contributed by atoms with Gasteiger partial charge in [-0.15, -0.1) is 0 Å². The molecule has 0 radical (unpaired) electrons. The number of nitrogens with zero attached hydrogens (tertiary/aromatic N) is 2. The highest BCUT2D eigenvalue weighted by Gasteiger charge is 2.15. The first kappa shape index (κ1) is 19.8. The third-order valence-corrected chi connectivity index (χ3v) is 4.47. The SMILES string of the molecule is CCNC(=NCC(c1cccnc1)C(C)C)NCCCCSC. The Morgan fingerprint density at radius 3 is 2.74 bits per heavy atom. The Hall–Kier alpha value is -1.23. The van der Waals surface area contributed by atoms with Gasteiger partial charge in [0, 0.05) is 37.9 Å². The molecule has 0 saturated carbocycles. The molecule has 1 heterocycles. The van der Waals surface area contributed by atoms with Crippen molar-refractivity contribution < 1.29 is 0 Å². The van der Waals surface area contributed by atoms with E-state index in [1.54, 1.807) is 0 Å². The molecule has 0 fully saturated rings. The maximum Gasteiger partial charge on any atom is 0.191 e. The number of thioether (sulfide) groups is 1. The van der Waals surface area contributed by atoms with Crippen LogP contribution in [0.2, 0.25) is 0 Å². The van der Waals surface area contributed by atoms with Crippen LogP contribution in [0.4, 0.5) is 0 Å². The quantitative estimate of drug-likeness (QED) is 0.390. The molecule has 0 aliphatic carbocycles. The summed E-state index contributed by atoms with van der Waals surface area (Å²) in [5, 5.41) is 6.78. The van der Waals surface area contributed by atoms with Gasteiger partial charge in [0.15, 0.2) is 5.96 Å². The van der Waals surface area contributed by atoms with Crippen molar-refractivity contribution in [2.45, 2.75) is 39.5 Å². The summed E-state index contributed by atoms with van der Waals surface area (Å²) < 4.78 is 0. The molecule has 0 amide bonds. The summed E-state index contributed by atoms with van der Waals surface area (Å²) in [4.78, 5) is 9.04. The van der Waals surface area contributed by atoms with Crippen LogP contribution in [0, 0.1) is 5.92 Å². The van der Waals surface area contributed by atoms with Gasteiger partial charge in [-0.25, -0.2) is 0 Å². The summed E-state index contributed by atoms with van der Waals surface area (Å²) in [6.45, 7) is 9.24. The summed E-state index contributed by atoms with van der Waals surface area (Å²) in [6.07, 6.45) is 8.37. The van der Waals surface area contributed by atoms with E-state index in [0.29, 0.717) is 11.8 Å². The number of rotatable bonds is 10. The molecule has 1 aromatic heterocycles. The summed E-state index contributed by atoms with van der Waals surface area (Å²) in [7, 11) is 0. The Balaban J connectivity index is 2.58. The first-order chi connectivity index (χ1) is 11.2. The van der Waals surface area contributed by atoms with Crippen molar-refractivity contribution in [3.05, 3.63) is 30.1 Å². The average Bonchev–Trinajstić information content (AvgIpc) is 2.55. The van der Waals surface area contributed by atoms with Crippen LogP contribution in [0.25, 0.3) is 0 Å². The van der Waals surface area contributed by atoms with Crippen LogP contribution in [-0.4, -0.2) is 42.6 Å².